The van der Waals surface area contributed by atoms with Gasteiger partial charge in [0.2, 0.25) is 0 Å². The maximum Gasteiger partial charge on any atom is 0.306 e. The van der Waals surface area contributed by atoms with Crippen LogP contribution in [0.4, 0.5) is 0 Å². The van der Waals surface area contributed by atoms with Crippen molar-refractivity contribution in [3.63, 3.8) is 0 Å². The average Bonchev–Trinajstić information content (AvgIpc) is 3.49. The average molecular weight is 1150 g/mol. The lowest BCUT2D eigenvalue weighted by atomic mass is 10.0. The molecule has 0 rings (SSSR count). The van der Waals surface area contributed by atoms with Gasteiger partial charge in [0.25, 0.3) is 0 Å². The summed E-state index contributed by atoms with van der Waals surface area (Å²) in [5, 5.41) is 0. The quantitative estimate of drug-likeness (QED) is 0.0261. The third kappa shape index (κ3) is 68.7. The monoisotopic (exact) mass is 1150 g/mol. The Kier molecular flexibility index (Phi) is 67.2. The first-order valence-electron chi connectivity index (χ1n) is 35.4. The van der Waals surface area contributed by atoms with Gasteiger partial charge in [-0.15, -0.1) is 0 Å². The molecule has 0 radical (unpaired) electrons. The van der Waals surface area contributed by atoms with Gasteiger partial charge >= 0.3 is 17.9 Å². The van der Waals surface area contributed by atoms with Gasteiger partial charge < -0.3 is 14.2 Å². The summed E-state index contributed by atoms with van der Waals surface area (Å²) < 4.78 is 16.9. The van der Waals surface area contributed by atoms with Gasteiger partial charge in [-0.1, -0.05) is 323 Å². The van der Waals surface area contributed by atoms with Gasteiger partial charge in [-0.2, -0.15) is 0 Å². The summed E-state index contributed by atoms with van der Waals surface area (Å²) in [4.78, 5) is 38.3. The van der Waals surface area contributed by atoms with Crippen LogP contribution in [0.15, 0.2) is 109 Å². The second-order valence-electron chi connectivity index (χ2n) is 23.4. The van der Waals surface area contributed by atoms with Gasteiger partial charge in [0.05, 0.1) is 0 Å². The molecule has 6 nitrogen and oxygen atoms in total. The van der Waals surface area contributed by atoms with Crippen LogP contribution in [0.1, 0.15) is 342 Å². The van der Waals surface area contributed by atoms with Crippen molar-refractivity contribution in [1.82, 2.24) is 0 Å². The number of hydrogen-bond acceptors (Lipinski definition) is 6. The van der Waals surface area contributed by atoms with Crippen molar-refractivity contribution < 1.29 is 28.6 Å². The molecule has 0 aromatic rings. The maximum absolute atomic E-state index is 12.9. The molecule has 1 unspecified atom stereocenters. The summed E-state index contributed by atoms with van der Waals surface area (Å²) in [6.07, 6.45) is 97.0. The number of hydrogen-bond donors (Lipinski definition) is 0. The molecule has 476 valence electrons. The summed E-state index contributed by atoms with van der Waals surface area (Å²) >= 11 is 0. The smallest absolute Gasteiger partial charge is 0.306 e. The second-order valence-corrected chi connectivity index (χ2v) is 23.4. The normalized spacial score (nSPS) is 12.8. The van der Waals surface area contributed by atoms with E-state index >= 15 is 0 Å². The van der Waals surface area contributed by atoms with Crippen LogP contribution in [0.5, 0.6) is 0 Å². The van der Waals surface area contributed by atoms with Crippen LogP contribution in [0, 0.1) is 0 Å². The van der Waals surface area contributed by atoms with E-state index in [1.807, 2.05) is 0 Å². The van der Waals surface area contributed by atoms with Crippen LogP contribution in [0.25, 0.3) is 0 Å². The Morgan fingerprint density at radius 3 is 0.735 bits per heavy atom. The molecule has 0 aliphatic rings. The van der Waals surface area contributed by atoms with Crippen molar-refractivity contribution in [2.75, 3.05) is 13.2 Å². The number of carbonyl (C=O) groups excluding carboxylic acids is 3. The second kappa shape index (κ2) is 70.6. The molecule has 0 bridgehead atoms. The van der Waals surface area contributed by atoms with Crippen molar-refractivity contribution in [1.29, 1.82) is 0 Å². The molecule has 0 aromatic carbocycles. The number of unbranched alkanes of at least 4 members (excludes halogenated alkanes) is 35. The molecule has 6 heteroatoms. The molecule has 0 aliphatic heterocycles. The first kappa shape index (κ1) is 79.1. The first-order chi connectivity index (χ1) is 41.0. The van der Waals surface area contributed by atoms with Crippen molar-refractivity contribution in [3.8, 4) is 0 Å². The van der Waals surface area contributed by atoms with E-state index in [0.717, 1.165) is 116 Å². The molecule has 0 saturated carbocycles. The highest BCUT2D eigenvalue weighted by Gasteiger charge is 2.19. The number of rotatable bonds is 64. The summed E-state index contributed by atoms with van der Waals surface area (Å²) in [6.45, 7) is 6.52. The summed E-state index contributed by atoms with van der Waals surface area (Å²) in [5.41, 5.74) is 0. The molecule has 0 saturated heterocycles. The predicted molar refractivity (Wildman–Crippen MR) is 362 cm³/mol. The van der Waals surface area contributed by atoms with Gasteiger partial charge in [0.1, 0.15) is 13.2 Å². The molecule has 0 N–H and O–H groups in total. The van der Waals surface area contributed by atoms with Crippen LogP contribution in [0.3, 0.4) is 0 Å². The van der Waals surface area contributed by atoms with Crippen LogP contribution >= 0.6 is 0 Å². The minimum absolute atomic E-state index is 0.0788. The SMILES string of the molecule is CC/C=C\C/C=C\C/C=C\C/C=C\C/C=C\C/C=C\C/C=C\CCCCCCCCCC(=O)OCC(COC(=O)CCCCCCCCCCC)OC(=O)CCCCCCCCCCCCCCCCC/C=C\C/C=C\CCCCCCC. The minimum Gasteiger partial charge on any atom is -0.462 e. The van der Waals surface area contributed by atoms with Gasteiger partial charge in [0.15, 0.2) is 6.10 Å². The first-order valence-corrected chi connectivity index (χ1v) is 35.4. The number of esters is 3. The molecule has 0 spiro atoms. The third-order valence-corrected chi connectivity index (χ3v) is 15.3. The lowest BCUT2D eigenvalue weighted by molar-refractivity contribution is -0.167. The summed E-state index contributed by atoms with van der Waals surface area (Å²) in [7, 11) is 0. The van der Waals surface area contributed by atoms with Crippen LogP contribution in [0.2, 0.25) is 0 Å². The Morgan fingerprint density at radius 2 is 0.470 bits per heavy atom. The van der Waals surface area contributed by atoms with Crippen molar-refractivity contribution in [2.24, 2.45) is 0 Å². The molecule has 1 atom stereocenters. The molecule has 0 aliphatic carbocycles. The summed E-state index contributed by atoms with van der Waals surface area (Å²) in [6, 6.07) is 0. The van der Waals surface area contributed by atoms with Crippen LogP contribution in [-0.2, 0) is 28.6 Å². The largest absolute Gasteiger partial charge is 0.462 e. The number of carbonyl (C=O) groups is 3. The van der Waals surface area contributed by atoms with E-state index in [4.69, 9.17) is 14.2 Å². The third-order valence-electron chi connectivity index (χ3n) is 15.3. The van der Waals surface area contributed by atoms with Crippen molar-refractivity contribution >= 4 is 17.9 Å². The Hall–Kier alpha value is -3.93. The zero-order chi connectivity index (χ0) is 59.9. The minimum atomic E-state index is -0.783. The fourth-order valence-corrected chi connectivity index (χ4v) is 9.99. The zero-order valence-corrected chi connectivity index (χ0v) is 54.7. The molecule has 0 aromatic heterocycles. The zero-order valence-electron chi connectivity index (χ0n) is 54.7. The molecule has 83 heavy (non-hydrogen) atoms. The fraction of sp³-hybridized carbons (Fsp3) is 0.727. The van der Waals surface area contributed by atoms with Gasteiger partial charge in [-0.05, 0) is 109 Å². The molecule has 0 amide bonds. The van der Waals surface area contributed by atoms with Gasteiger partial charge in [-0.25, -0.2) is 0 Å². The summed E-state index contributed by atoms with van der Waals surface area (Å²) in [5.74, 6) is -0.881. The Bertz CT molecular complexity index is 1660. The van der Waals surface area contributed by atoms with E-state index in [1.165, 1.54) is 186 Å². The van der Waals surface area contributed by atoms with Gasteiger partial charge in [-0.3, -0.25) is 14.4 Å². The Morgan fingerprint density at radius 1 is 0.253 bits per heavy atom. The standard InChI is InChI=1S/C77H132O6/c1-4-7-10-13-16-19-21-23-25-27-29-31-33-35-37-38-40-41-43-45-47-49-51-53-55-58-61-64-67-70-76(79)82-73-74(72-81-75(78)69-66-63-60-57-18-15-12-9-6-3)83-77(80)71-68-65-62-59-56-54-52-50-48-46-44-42-39-36-34-32-30-28-26-24-22-20-17-14-11-8-5-2/h7,10,16,19,22-25,28-31,35,37,40-41,45,47,74H,4-6,8-9,11-15,17-18,20-21,26-27,32-34,36,38-39,42-44,46,48-73H2,1-3H3/b10-7-,19-16-,24-22-,25-23-,30-28-,31-29-,37-35-,41-40-,47-45-. The highest BCUT2D eigenvalue weighted by molar-refractivity contribution is 5.71. The van der Waals surface area contributed by atoms with E-state index < -0.39 is 6.10 Å². The molecule has 0 fully saturated rings. The van der Waals surface area contributed by atoms with Gasteiger partial charge in [0, 0.05) is 19.3 Å². The number of ether oxygens (including phenoxy) is 3. The van der Waals surface area contributed by atoms with E-state index in [0.29, 0.717) is 19.3 Å². The van der Waals surface area contributed by atoms with Crippen molar-refractivity contribution in [2.45, 2.75) is 348 Å². The molecular weight excluding hydrogens is 1020 g/mol. The maximum atomic E-state index is 12.9. The lowest BCUT2D eigenvalue weighted by Gasteiger charge is -2.18. The fourth-order valence-electron chi connectivity index (χ4n) is 9.99. The highest BCUT2D eigenvalue weighted by atomic mass is 16.6. The topological polar surface area (TPSA) is 78.9 Å². The van der Waals surface area contributed by atoms with Crippen LogP contribution in [-0.4, -0.2) is 37.2 Å². The van der Waals surface area contributed by atoms with Crippen LogP contribution < -0.4 is 0 Å². The Labute approximate surface area is 514 Å². The molecular formula is C77H132O6. The lowest BCUT2D eigenvalue weighted by Crippen LogP contribution is -2.30. The van der Waals surface area contributed by atoms with E-state index in [1.54, 1.807) is 0 Å². The predicted octanol–water partition coefficient (Wildman–Crippen LogP) is 24.6. The Balaban J connectivity index is 4.20. The van der Waals surface area contributed by atoms with E-state index in [2.05, 4.69) is 130 Å². The highest BCUT2D eigenvalue weighted by Crippen LogP contribution is 2.17. The van der Waals surface area contributed by atoms with E-state index in [9.17, 15) is 14.4 Å². The molecule has 0 heterocycles. The van der Waals surface area contributed by atoms with Crippen molar-refractivity contribution in [3.05, 3.63) is 109 Å². The van der Waals surface area contributed by atoms with E-state index in [-0.39, 0.29) is 31.1 Å². The number of allylic oxidation sites excluding steroid dienone is 18.